The van der Waals surface area contributed by atoms with E-state index < -0.39 is 6.17 Å². The summed E-state index contributed by atoms with van der Waals surface area (Å²) in [5.74, 6) is -0.285. The van der Waals surface area contributed by atoms with Gasteiger partial charge in [0.15, 0.2) is 0 Å². The number of para-hydroxylation sites is 1. The maximum Gasteiger partial charge on any atom is 0.260 e. The van der Waals surface area contributed by atoms with Crippen LogP contribution in [0.5, 0.6) is 0 Å². The molecular weight excluding hydrogens is 406 g/mol. The van der Waals surface area contributed by atoms with Crippen LogP contribution in [0.2, 0.25) is 0 Å². The maximum atomic E-state index is 13.3. The standard InChI is InChI=1S/C24H23N5O3/c30-21(26-12-11-16-14-25-15-27-16)10-5-13-28-22-17-6-1-2-7-18(17)24(32)29(22)20-9-4-3-8-19(20)23(28)31/h1-4,6-9,14-15,22H,5,10-13H2,(H,25,27)(H,26,30). The molecule has 0 saturated heterocycles. The molecule has 162 valence electrons. The number of benzene rings is 2. The number of nitrogens with zero attached hydrogens (tertiary/aromatic N) is 3. The van der Waals surface area contributed by atoms with Gasteiger partial charge in [-0.2, -0.15) is 0 Å². The van der Waals surface area contributed by atoms with Crippen LogP contribution in [0.1, 0.15) is 51.0 Å². The van der Waals surface area contributed by atoms with Crippen LogP contribution in [-0.4, -0.2) is 45.7 Å². The van der Waals surface area contributed by atoms with Crippen molar-refractivity contribution in [1.82, 2.24) is 20.2 Å². The molecule has 0 saturated carbocycles. The molecule has 0 aliphatic carbocycles. The van der Waals surface area contributed by atoms with E-state index in [1.54, 1.807) is 40.5 Å². The Morgan fingerprint density at radius 2 is 1.81 bits per heavy atom. The molecule has 32 heavy (non-hydrogen) atoms. The number of carbonyl (C=O) groups is 3. The molecule has 2 aliphatic heterocycles. The number of rotatable bonds is 7. The molecule has 1 aromatic heterocycles. The van der Waals surface area contributed by atoms with Gasteiger partial charge in [-0.05, 0) is 24.6 Å². The van der Waals surface area contributed by atoms with Gasteiger partial charge in [0.05, 0.1) is 17.6 Å². The van der Waals surface area contributed by atoms with Crippen molar-refractivity contribution in [3.63, 3.8) is 0 Å². The fourth-order valence-electron chi connectivity index (χ4n) is 4.46. The van der Waals surface area contributed by atoms with Crippen LogP contribution in [-0.2, 0) is 11.2 Å². The lowest BCUT2D eigenvalue weighted by molar-refractivity contribution is -0.121. The number of carbonyl (C=O) groups excluding carboxylic acids is 3. The van der Waals surface area contributed by atoms with Gasteiger partial charge < -0.3 is 15.2 Å². The molecule has 1 atom stereocenters. The molecule has 2 aliphatic rings. The van der Waals surface area contributed by atoms with Gasteiger partial charge in [0.1, 0.15) is 6.17 Å². The lowest BCUT2D eigenvalue weighted by Gasteiger charge is -2.41. The van der Waals surface area contributed by atoms with Crippen LogP contribution >= 0.6 is 0 Å². The number of nitrogens with one attached hydrogen (secondary N) is 2. The van der Waals surface area contributed by atoms with Crippen molar-refractivity contribution in [3.05, 3.63) is 83.4 Å². The molecule has 2 N–H and O–H groups in total. The van der Waals surface area contributed by atoms with Crippen LogP contribution in [0, 0.1) is 0 Å². The number of imidazole rings is 1. The minimum Gasteiger partial charge on any atom is -0.356 e. The largest absolute Gasteiger partial charge is 0.356 e. The van der Waals surface area contributed by atoms with Gasteiger partial charge in [-0.1, -0.05) is 30.3 Å². The van der Waals surface area contributed by atoms with Crippen LogP contribution in [0.15, 0.2) is 61.1 Å². The summed E-state index contributed by atoms with van der Waals surface area (Å²) in [4.78, 5) is 49.1. The zero-order valence-corrected chi connectivity index (χ0v) is 17.5. The average Bonchev–Trinajstić information content (AvgIpc) is 3.43. The van der Waals surface area contributed by atoms with E-state index in [9.17, 15) is 14.4 Å². The Morgan fingerprint density at radius 3 is 2.62 bits per heavy atom. The minimum absolute atomic E-state index is 0.0610. The summed E-state index contributed by atoms with van der Waals surface area (Å²) in [6.45, 7) is 0.902. The van der Waals surface area contributed by atoms with Crippen molar-refractivity contribution in [2.45, 2.75) is 25.4 Å². The van der Waals surface area contributed by atoms with Crippen molar-refractivity contribution in [3.8, 4) is 0 Å². The number of aromatic amines is 1. The number of H-pyrrole nitrogens is 1. The number of amides is 3. The molecule has 0 radical (unpaired) electrons. The first-order valence-corrected chi connectivity index (χ1v) is 10.7. The first-order valence-electron chi connectivity index (χ1n) is 10.7. The smallest absolute Gasteiger partial charge is 0.260 e. The van der Waals surface area contributed by atoms with Crippen molar-refractivity contribution in [1.29, 1.82) is 0 Å². The molecule has 0 fully saturated rings. The van der Waals surface area contributed by atoms with E-state index in [0.29, 0.717) is 49.2 Å². The van der Waals surface area contributed by atoms with Crippen LogP contribution < -0.4 is 10.2 Å². The highest BCUT2D eigenvalue weighted by Gasteiger charge is 2.47. The number of hydrogen-bond donors (Lipinski definition) is 2. The van der Waals surface area contributed by atoms with Gasteiger partial charge >= 0.3 is 0 Å². The molecule has 3 aromatic rings. The molecule has 3 heterocycles. The number of fused-ring (bicyclic) bond motifs is 5. The highest BCUT2D eigenvalue weighted by Crippen LogP contribution is 2.45. The highest BCUT2D eigenvalue weighted by molar-refractivity contribution is 6.16. The second-order valence-electron chi connectivity index (χ2n) is 7.93. The summed E-state index contributed by atoms with van der Waals surface area (Å²) >= 11 is 0. The molecule has 8 nitrogen and oxygen atoms in total. The van der Waals surface area contributed by atoms with Crippen molar-refractivity contribution < 1.29 is 14.4 Å². The normalized spacial score (nSPS) is 16.6. The van der Waals surface area contributed by atoms with Gasteiger partial charge in [0.25, 0.3) is 11.8 Å². The SMILES string of the molecule is O=C(CCCN1C(=O)c2ccccc2N2C(=O)c3ccccc3C12)NCCc1cnc[nH]1. The van der Waals surface area contributed by atoms with E-state index in [-0.39, 0.29) is 17.7 Å². The Morgan fingerprint density at radius 1 is 1.03 bits per heavy atom. The van der Waals surface area contributed by atoms with E-state index in [1.807, 2.05) is 30.3 Å². The first-order chi connectivity index (χ1) is 15.6. The third-order valence-electron chi connectivity index (χ3n) is 5.96. The van der Waals surface area contributed by atoms with E-state index in [4.69, 9.17) is 0 Å². The number of anilines is 1. The summed E-state index contributed by atoms with van der Waals surface area (Å²) in [6.07, 6.45) is 4.35. The molecule has 8 heteroatoms. The molecular formula is C24H23N5O3. The van der Waals surface area contributed by atoms with Gasteiger partial charge in [-0.3, -0.25) is 19.3 Å². The maximum absolute atomic E-state index is 13.3. The third-order valence-corrected chi connectivity index (χ3v) is 5.96. The third kappa shape index (κ3) is 3.43. The fourth-order valence-corrected chi connectivity index (χ4v) is 4.46. The van der Waals surface area contributed by atoms with Crippen molar-refractivity contribution in [2.75, 3.05) is 18.0 Å². The van der Waals surface area contributed by atoms with Crippen LogP contribution in [0.3, 0.4) is 0 Å². The molecule has 2 aromatic carbocycles. The van der Waals surface area contributed by atoms with Gasteiger partial charge in [-0.15, -0.1) is 0 Å². The zero-order chi connectivity index (χ0) is 22.1. The van der Waals surface area contributed by atoms with Gasteiger partial charge in [0.2, 0.25) is 5.91 Å². The lowest BCUT2D eigenvalue weighted by atomic mass is 10.0. The summed E-state index contributed by atoms with van der Waals surface area (Å²) in [5, 5.41) is 2.90. The monoisotopic (exact) mass is 429 g/mol. The van der Waals surface area contributed by atoms with E-state index in [2.05, 4.69) is 15.3 Å². The minimum atomic E-state index is -0.482. The Hall–Kier alpha value is -3.94. The summed E-state index contributed by atoms with van der Waals surface area (Å²) in [5.41, 5.74) is 3.55. The van der Waals surface area contributed by atoms with Gasteiger partial charge in [-0.25, -0.2) is 4.98 Å². The Labute approximate surface area is 185 Å². The summed E-state index contributed by atoms with van der Waals surface area (Å²) in [6, 6.07) is 14.6. The topological polar surface area (TPSA) is 98.4 Å². The molecule has 1 unspecified atom stereocenters. The quantitative estimate of drug-likeness (QED) is 0.603. The van der Waals surface area contributed by atoms with E-state index in [0.717, 1.165) is 11.3 Å². The molecule has 0 spiro atoms. The highest BCUT2D eigenvalue weighted by atomic mass is 16.2. The predicted octanol–water partition coefficient (Wildman–Crippen LogP) is 2.66. The van der Waals surface area contributed by atoms with E-state index in [1.165, 1.54) is 0 Å². The average molecular weight is 429 g/mol. The Balaban J connectivity index is 1.29. The Kier molecular flexibility index (Phi) is 5.18. The van der Waals surface area contributed by atoms with Crippen LogP contribution in [0.25, 0.3) is 0 Å². The van der Waals surface area contributed by atoms with Crippen LogP contribution in [0.4, 0.5) is 5.69 Å². The molecule has 5 rings (SSSR count). The zero-order valence-electron chi connectivity index (χ0n) is 17.5. The summed E-state index contributed by atoms with van der Waals surface area (Å²) < 4.78 is 0. The second kappa shape index (κ2) is 8.30. The van der Waals surface area contributed by atoms with Crippen molar-refractivity contribution >= 4 is 23.4 Å². The predicted molar refractivity (Wildman–Crippen MR) is 118 cm³/mol. The summed E-state index contributed by atoms with van der Waals surface area (Å²) in [7, 11) is 0. The number of aromatic nitrogens is 2. The van der Waals surface area contributed by atoms with Crippen molar-refractivity contribution in [2.24, 2.45) is 0 Å². The lowest BCUT2D eigenvalue weighted by Crippen LogP contribution is -2.48. The fraction of sp³-hybridized carbons (Fsp3) is 0.250. The van der Waals surface area contributed by atoms with Gasteiger partial charge in [0, 0.05) is 48.9 Å². The number of hydrogen-bond acceptors (Lipinski definition) is 4. The molecule has 0 bridgehead atoms. The Bertz CT molecular complexity index is 1170. The second-order valence-corrected chi connectivity index (χ2v) is 7.93. The first kappa shape index (κ1) is 20.0. The van der Waals surface area contributed by atoms with E-state index >= 15 is 0 Å². The molecule has 3 amide bonds.